The maximum Gasteiger partial charge on any atom is 0.125 e. The highest BCUT2D eigenvalue weighted by molar-refractivity contribution is 9.10. The largest absolute Gasteiger partial charge is 0.488 e. The molecule has 0 radical (unpaired) electrons. The zero-order chi connectivity index (χ0) is 14.5. The topological polar surface area (TPSA) is 53.2 Å². The molecular formula is C16H14BrNO2. The number of nitrogens with zero attached hydrogens (tertiary/aromatic N) is 1. The number of aliphatic hydroxyl groups excluding tert-OH is 1. The average Bonchev–Trinajstić information content (AvgIpc) is 2.46. The summed E-state index contributed by atoms with van der Waals surface area (Å²) in [6, 6.07) is 15.0. The van der Waals surface area contributed by atoms with E-state index in [0.717, 1.165) is 10.0 Å². The van der Waals surface area contributed by atoms with Gasteiger partial charge in [-0.05, 0) is 31.2 Å². The van der Waals surface area contributed by atoms with Gasteiger partial charge < -0.3 is 9.84 Å². The predicted octanol–water partition coefficient (Wildman–Crippen LogP) is 3.95. The fraction of sp³-hybridized carbons (Fsp3) is 0.188. The van der Waals surface area contributed by atoms with Crippen molar-refractivity contribution in [3.05, 3.63) is 63.6 Å². The van der Waals surface area contributed by atoms with E-state index >= 15 is 0 Å². The summed E-state index contributed by atoms with van der Waals surface area (Å²) in [7, 11) is 0. The molecule has 1 atom stereocenters. The van der Waals surface area contributed by atoms with Crippen LogP contribution in [0.5, 0.6) is 5.75 Å². The fourth-order valence-electron chi connectivity index (χ4n) is 1.89. The Kier molecular flexibility index (Phi) is 4.78. The van der Waals surface area contributed by atoms with E-state index in [0.29, 0.717) is 23.5 Å². The highest BCUT2D eigenvalue weighted by atomic mass is 79.9. The minimum absolute atomic E-state index is 0.297. The molecule has 1 N–H and O–H groups in total. The molecule has 0 amide bonds. The van der Waals surface area contributed by atoms with E-state index in [1.165, 1.54) is 0 Å². The Morgan fingerprint density at radius 1 is 1.30 bits per heavy atom. The summed E-state index contributed by atoms with van der Waals surface area (Å²) in [4.78, 5) is 0. The van der Waals surface area contributed by atoms with Gasteiger partial charge in [-0.1, -0.05) is 34.1 Å². The number of nitriles is 1. The second-order valence-electron chi connectivity index (χ2n) is 4.42. The standard InChI is InChI=1S/C16H14BrNO2/c1-11(19)15-8-14(17)6-7-16(15)20-10-13-5-3-2-4-12(13)9-18/h2-8,11,19H,10H2,1H3/t11-/m0/s1. The minimum atomic E-state index is -0.617. The van der Waals surface area contributed by atoms with Gasteiger partial charge in [0.15, 0.2) is 0 Å². The normalized spacial score (nSPS) is 11.7. The zero-order valence-corrected chi connectivity index (χ0v) is 12.6. The molecule has 4 heteroatoms. The molecule has 0 spiro atoms. The molecule has 102 valence electrons. The van der Waals surface area contributed by atoms with Crippen LogP contribution in [0.1, 0.15) is 29.7 Å². The van der Waals surface area contributed by atoms with Crippen molar-refractivity contribution in [3.8, 4) is 11.8 Å². The van der Waals surface area contributed by atoms with E-state index in [1.807, 2.05) is 30.3 Å². The van der Waals surface area contributed by atoms with Crippen molar-refractivity contribution in [2.45, 2.75) is 19.6 Å². The van der Waals surface area contributed by atoms with Gasteiger partial charge in [0.25, 0.3) is 0 Å². The molecule has 2 aromatic carbocycles. The van der Waals surface area contributed by atoms with Crippen molar-refractivity contribution < 1.29 is 9.84 Å². The lowest BCUT2D eigenvalue weighted by molar-refractivity contribution is 0.190. The Hall–Kier alpha value is -1.83. The maximum atomic E-state index is 9.77. The summed E-state index contributed by atoms with van der Waals surface area (Å²) < 4.78 is 6.64. The van der Waals surface area contributed by atoms with Gasteiger partial charge in [-0.25, -0.2) is 0 Å². The highest BCUT2D eigenvalue weighted by Gasteiger charge is 2.11. The molecule has 20 heavy (non-hydrogen) atoms. The van der Waals surface area contributed by atoms with Gasteiger partial charge in [0.2, 0.25) is 0 Å². The second-order valence-corrected chi connectivity index (χ2v) is 5.33. The van der Waals surface area contributed by atoms with Gasteiger partial charge >= 0.3 is 0 Å². The van der Waals surface area contributed by atoms with Crippen LogP contribution in [0, 0.1) is 11.3 Å². The summed E-state index contributed by atoms with van der Waals surface area (Å²) in [6.45, 7) is 1.99. The van der Waals surface area contributed by atoms with Crippen LogP contribution in [0.15, 0.2) is 46.9 Å². The van der Waals surface area contributed by atoms with Crippen LogP contribution in [-0.4, -0.2) is 5.11 Å². The van der Waals surface area contributed by atoms with E-state index in [9.17, 15) is 5.11 Å². The van der Waals surface area contributed by atoms with Crippen LogP contribution in [0.2, 0.25) is 0 Å². The number of hydrogen-bond donors (Lipinski definition) is 1. The van der Waals surface area contributed by atoms with E-state index in [-0.39, 0.29) is 0 Å². The first kappa shape index (κ1) is 14.6. The molecule has 0 saturated carbocycles. The lowest BCUT2D eigenvalue weighted by Crippen LogP contribution is -2.02. The molecule has 0 aliphatic heterocycles. The summed E-state index contributed by atoms with van der Waals surface area (Å²) >= 11 is 3.37. The molecule has 0 bridgehead atoms. The van der Waals surface area contributed by atoms with Crippen LogP contribution in [0.4, 0.5) is 0 Å². The number of aliphatic hydroxyl groups is 1. The quantitative estimate of drug-likeness (QED) is 0.922. The van der Waals surface area contributed by atoms with Gasteiger partial charge in [0, 0.05) is 15.6 Å². The number of halogens is 1. The van der Waals surface area contributed by atoms with Gasteiger partial charge in [0.05, 0.1) is 17.7 Å². The predicted molar refractivity (Wildman–Crippen MR) is 80.3 cm³/mol. The number of ether oxygens (including phenoxy) is 1. The molecular weight excluding hydrogens is 318 g/mol. The molecule has 0 aliphatic rings. The van der Waals surface area contributed by atoms with Crippen molar-refractivity contribution in [1.29, 1.82) is 5.26 Å². The summed E-state index contributed by atoms with van der Waals surface area (Å²) in [5, 5.41) is 18.8. The molecule has 0 aromatic heterocycles. The fourth-order valence-corrected chi connectivity index (χ4v) is 2.27. The average molecular weight is 332 g/mol. The molecule has 2 rings (SSSR count). The number of hydrogen-bond acceptors (Lipinski definition) is 3. The second kappa shape index (κ2) is 6.56. The molecule has 0 heterocycles. The lowest BCUT2D eigenvalue weighted by atomic mass is 10.1. The van der Waals surface area contributed by atoms with Gasteiger partial charge in [0.1, 0.15) is 12.4 Å². The SMILES string of the molecule is C[C@H](O)c1cc(Br)ccc1OCc1ccccc1C#N. The van der Waals surface area contributed by atoms with E-state index in [4.69, 9.17) is 10.00 Å². The van der Waals surface area contributed by atoms with Crippen LogP contribution in [-0.2, 0) is 6.61 Å². The van der Waals surface area contributed by atoms with Crippen molar-refractivity contribution in [2.75, 3.05) is 0 Å². The third-order valence-corrected chi connectivity index (χ3v) is 3.44. The van der Waals surface area contributed by atoms with Crippen molar-refractivity contribution in [1.82, 2.24) is 0 Å². The smallest absolute Gasteiger partial charge is 0.125 e. The maximum absolute atomic E-state index is 9.77. The minimum Gasteiger partial charge on any atom is -0.488 e. The van der Waals surface area contributed by atoms with Gasteiger partial charge in [-0.2, -0.15) is 5.26 Å². The Bertz CT molecular complexity index is 647. The van der Waals surface area contributed by atoms with Crippen LogP contribution in [0.3, 0.4) is 0 Å². The highest BCUT2D eigenvalue weighted by Crippen LogP contribution is 2.29. The summed E-state index contributed by atoms with van der Waals surface area (Å²) in [5.41, 5.74) is 2.14. The van der Waals surface area contributed by atoms with Crippen molar-refractivity contribution >= 4 is 15.9 Å². The Morgan fingerprint density at radius 2 is 2.05 bits per heavy atom. The summed E-state index contributed by atoms with van der Waals surface area (Å²) in [5.74, 6) is 0.621. The molecule has 3 nitrogen and oxygen atoms in total. The Morgan fingerprint density at radius 3 is 2.75 bits per heavy atom. The molecule has 0 saturated heterocycles. The first-order valence-corrected chi connectivity index (χ1v) is 6.99. The van der Waals surface area contributed by atoms with Crippen molar-refractivity contribution in [3.63, 3.8) is 0 Å². The summed E-state index contributed by atoms with van der Waals surface area (Å²) in [6.07, 6.45) is -0.617. The van der Waals surface area contributed by atoms with Crippen LogP contribution in [0.25, 0.3) is 0 Å². The van der Waals surface area contributed by atoms with E-state index in [1.54, 1.807) is 19.1 Å². The van der Waals surface area contributed by atoms with Crippen molar-refractivity contribution in [2.24, 2.45) is 0 Å². The molecule has 2 aromatic rings. The molecule has 0 fully saturated rings. The monoisotopic (exact) mass is 331 g/mol. The van der Waals surface area contributed by atoms with E-state index < -0.39 is 6.10 Å². The van der Waals surface area contributed by atoms with Crippen LogP contribution < -0.4 is 4.74 Å². The Balaban J connectivity index is 2.21. The first-order chi connectivity index (χ1) is 9.61. The number of benzene rings is 2. The Labute approximate surface area is 126 Å². The van der Waals surface area contributed by atoms with Crippen LogP contribution >= 0.6 is 15.9 Å². The molecule has 0 aliphatic carbocycles. The third-order valence-electron chi connectivity index (χ3n) is 2.94. The zero-order valence-electron chi connectivity index (χ0n) is 11.0. The third kappa shape index (κ3) is 3.38. The lowest BCUT2D eigenvalue weighted by Gasteiger charge is -2.14. The first-order valence-electron chi connectivity index (χ1n) is 6.20. The van der Waals surface area contributed by atoms with Gasteiger partial charge in [-0.3, -0.25) is 0 Å². The molecule has 0 unspecified atom stereocenters. The van der Waals surface area contributed by atoms with Gasteiger partial charge in [-0.15, -0.1) is 0 Å². The van der Waals surface area contributed by atoms with E-state index in [2.05, 4.69) is 22.0 Å². The number of rotatable bonds is 4.